The third-order valence-electron chi connectivity index (χ3n) is 5.64. The first-order valence-electron chi connectivity index (χ1n) is 11.0. The van der Waals surface area contributed by atoms with Crippen LogP contribution in [0.3, 0.4) is 0 Å². The average Bonchev–Trinajstić information content (AvgIpc) is 2.85. The van der Waals surface area contributed by atoms with Gasteiger partial charge in [-0.05, 0) is 67.6 Å². The third-order valence-corrected chi connectivity index (χ3v) is 5.64. The Morgan fingerprint density at radius 2 is 1.71 bits per heavy atom. The number of carboxylic acid groups (broad SMARTS) is 2. The summed E-state index contributed by atoms with van der Waals surface area (Å²) in [5.74, 6) is -3.05. The first kappa shape index (κ1) is 25.6. The number of nitrogens with zero attached hydrogens (tertiary/aromatic N) is 1. The Morgan fingerprint density at radius 1 is 1.06 bits per heavy atom. The number of Topliss-reactive ketones (excluding diaryl/α,β-unsaturated/α-hetero) is 1. The zero-order valence-corrected chi connectivity index (χ0v) is 19.1. The molecule has 35 heavy (non-hydrogen) atoms. The molecule has 0 aliphatic carbocycles. The Labute approximate surface area is 201 Å². The normalized spacial score (nSPS) is 15.1. The van der Waals surface area contributed by atoms with Gasteiger partial charge in [-0.3, -0.25) is 9.69 Å². The molecule has 184 valence electrons. The lowest BCUT2D eigenvalue weighted by Gasteiger charge is -2.28. The Bertz CT molecular complexity index is 1120. The number of hydrogen-bond acceptors (Lipinski definition) is 6. The molecule has 1 unspecified atom stereocenters. The number of benzene rings is 2. The van der Waals surface area contributed by atoms with E-state index in [0.29, 0.717) is 37.9 Å². The summed E-state index contributed by atoms with van der Waals surface area (Å²) in [7, 11) is 1.59. The zero-order chi connectivity index (χ0) is 25.4. The summed E-state index contributed by atoms with van der Waals surface area (Å²) in [6.45, 7) is 1.49. The molecule has 9 heteroatoms. The van der Waals surface area contributed by atoms with Gasteiger partial charge in [-0.25, -0.2) is 14.0 Å². The van der Waals surface area contributed by atoms with Crippen LogP contribution in [0.5, 0.6) is 11.5 Å². The van der Waals surface area contributed by atoms with Crippen molar-refractivity contribution in [2.75, 3.05) is 26.7 Å². The maximum atomic E-state index is 13.3. The van der Waals surface area contributed by atoms with Crippen LogP contribution >= 0.6 is 0 Å². The molecule has 3 rings (SSSR count). The van der Waals surface area contributed by atoms with Crippen LogP contribution in [0.2, 0.25) is 0 Å². The van der Waals surface area contributed by atoms with Crippen molar-refractivity contribution in [2.24, 2.45) is 5.92 Å². The molecule has 2 aromatic rings. The third kappa shape index (κ3) is 7.25. The van der Waals surface area contributed by atoms with Gasteiger partial charge in [0.25, 0.3) is 0 Å². The number of rotatable bonds is 11. The van der Waals surface area contributed by atoms with Gasteiger partial charge in [-0.2, -0.15) is 0 Å². The highest BCUT2D eigenvalue weighted by Crippen LogP contribution is 2.25. The van der Waals surface area contributed by atoms with Crippen molar-refractivity contribution in [3.63, 3.8) is 0 Å². The fraction of sp³-hybridized carbons (Fsp3) is 0.269. The maximum absolute atomic E-state index is 13.3. The predicted octanol–water partition coefficient (Wildman–Crippen LogP) is 3.79. The maximum Gasteiger partial charge on any atom is 0.332 e. The molecule has 8 nitrogen and oxygen atoms in total. The van der Waals surface area contributed by atoms with Crippen molar-refractivity contribution in [2.45, 2.75) is 12.8 Å². The zero-order valence-electron chi connectivity index (χ0n) is 19.1. The standard InChI is InChI=1S/C26H26FNO7/c1-34-19-6-8-20(9-7-19)35-21-10-13-28(14-11-21)15-12-22(23(26(32)33)16-24(29)30)25(31)17-2-4-18(27)5-3-17/h2-10,16,22H,11-15H2,1H3,(H,29,30)(H,32,33). The van der Waals surface area contributed by atoms with E-state index in [0.717, 1.165) is 23.6 Å². The summed E-state index contributed by atoms with van der Waals surface area (Å²) < 4.78 is 24.3. The highest BCUT2D eigenvalue weighted by atomic mass is 19.1. The number of carboxylic acids is 2. The minimum Gasteiger partial charge on any atom is -0.497 e. The van der Waals surface area contributed by atoms with Gasteiger partial charge in [0.05, 0.1) is 18.6 Å². The van der Waals surface area contributed by atoms with Gasteiger partial charge >= 0.3 is 11.9 Å². The Hall–Kier alpha value is -3.98. The molecule has 1 heterocycles. The lowest BCUT2D eigenvalue weighted by atomic mass is 9.87. The number of halogens is 1. The second kappa shape index (κ2) is 11.9. The summed E-state index contributed by atoms with van der Waals surface area (Å²) in [5.41, 5.74) is -0.398. The summed E-state index contributed by atoms with van der Waals surface area (Å²) >= 11 is 0. The van der Waals surface area contributed by atoms with E-state index in [4.69, 9.17) is 14.6 Å². The number of ether oxygens (including phenoxy) is 2. The Morgan fingerprint density at radius 3 is 2.26 bits per heavy atom. The SMILES string of the molecule is COc1ccc(OC2=CCN(CCC(C(=O)c3ccc(F)cc3)C(=CC(=O)O)C(=O)O)CC2)cc1. The van der Waals surface area contributed by atoms with Crippen LogP contribution in [-0.2, 0) is 9.59 Å². The molecule has 0 radical (unpaired) electrons. The van der Waals surface area contributed by atoms with Crippen LogP contribution in [0.1, 0.15) is 23.2 Å². The minimum absolute atomic E-state index is 0.0874. The Balaban J connectivity index is 1.68. The second-order valence-electron chi connectivity index (χ2n) is 7.95. The van der Waals surface area contributed by atoms with E-state index >= 15 is 0 Å². The van der Waals surface area contributed by atoms with E-state index in [9.17, 15) is 23.9 Å². The van der Waals surface area contributed by atoms with Gasteiger partial charge in [-0.15, -0.1) is 0 Å². The number of methoxy groups -OCH3 is 1. The number of ketones is 1. The largest absolute Gasteiger partial charge is 0.497 e. The van der Waals surface area contributed by atoms with Crippen molar-refractivity contribution < 1.29 is 38.5 Å². The van der Waals surface area contributed by atoms with E-state index in [1.807, 2.05) is 11.0 Å². The van der Waals surface area contributed by atoms with E-state index in [1.165, 1.54) is 12.1 Å². The number of aliphatic carboxylic acids is 2. The molecule has 0 amide bonds. The molecule has 0 fully saturated rings. The fourth-order valence-corrected chi connectivity index (χ4v) is 3.78. The highest BCUT2D eigenvalue weighted by molar-refractivity contribution is 6.07. The smallest absolute Gasteiger partial charge is 0.332 e. The minimum atomic E-state index is -1.48. The number of hydrogen-bond donors (Lipinski definition) is 2. The van der Waals surface area contributed by atoms with Gasteiger partial charge in [0.15, 0.2) is 5.78 Å². The van der Waals surface area contributed by atoms with Crippen LogP contribution < -0.4 is 9.47 Å². The fourth-order valence-electron chi connectivity index (χ4n) is 3.78. The van der Waals surface area contributed by atoms with Crippen molar-refractivity contribution in [3.8, 4) is 11.5 Å². The van der Waals surface area contributed by atoms with E-state index < -0.39 is 35.0 Å². The molecule has 0 spiro atoms. The molecule has 0 saturated carbocycles. The molecule has 1 aliphatic rings. The summed E-state index contributed by atoms with van der Waals surface area (Å²) in [6, 6.07) is 11.9. The molecule has 1 atom stereocenters. The van der Waals surface area contributed by atoms with Gasteiger partial charge in [0, 0.05) is 31.1 Å². The monoisotopic (exact) mass is 483 g/mol. The van der Waals surface area contributed by atoms with Crippen LogP contribution in [0.4, 0.5) is 4.39 Å². The molecule has 0 bridgehead atoms. The summed E-state index contributed by atoms with van der Waals surface area (Å²) in [5, 5.41) is 18.7. The van der Waals surface area contributed by atoms with Crippen LogP contribution in [0.15, 0.2) is 72.0 Å². The topological polar surface area (TPSA) is 113 Å². The first-order valence-corrected chi connectivity index (χ1v) is 11.0. The highest BCUT2D eigenvalue weighted by Gasteiger charge is 2.30. The van der Waals surface area contributed by atoms with Crippen LogP contribution in [0, 0.1) is 11.7 Å². The number of carbonyl (C=O) groups excluding carboxylic acids is 1. The van der Waals surface area contributed by atoms with E-state index in [1.54, 1.807) is 31.4 Å². The van der Waals surface area contributed by atoms with Crippen LogP contribution in [-0.4, -0.2) is 59.6 Å². The lowest BCUT2D eigenvalue weighted by molar-refractivity contribution is -0.135. The molecular formula is C26H26FNO7. The van der Waals surface area contributed by atoms with Crippen molar-refractivity contribution in [1.29, 1.82) is 0 Å². The Kier molecular flexibility index (Phi) is 8.74. The van der Waals surface area contributed by atoms with Crippen molar-refractivity contribution in [3.05, 3.63) is 83.4 Å². The van der Waals surface area contributed by atoms with E-state index in [2.05, 4.69) is 0 Å². The molecular weight excluding hydrogens is 457 g/mol. The molecule has 1 aliphatic heterocycles. The lowest BCUT2D eigenvalue weighted by Crippen LogP contribution is -2.34. The van der Waals surface area contributed by atoms with Crippen molar-refractivity contribution in [1.82, 2.24) is 4.90 Å². The molecule has 2 aromatic carbocycles. The molecule has 0 saturated heterocycles. The van der Waals surface area contributed by atoms with Gasteiger partial charge < -0.3 is 19.7 Å². The first-order chi connectivity index (χ1) is 16.8. The van der Waals surface area contributed by atoms with Crippen molar-refractivity contribution >= 4 is 17.7 Å². The van der Waals surface area contributed by atoms with Crippen LogP contribution in [0.25, 0.3) is 0 Å². The molecule has 0 aromatic heterocycles. The molecule has 2 N–H and O–H groups in total. The average molecular weight is 483 g/mol. The quantitative estimate of drug-likeness (QED) is 0.367. The van der Waals surface area contributed by atoms with Gasteiger partial charge in [0.2, 0.25) is 0 Å². The van der Waals surface area contributed by atoms with Gasteiger partial charge in [-0.1, -0.05) is 0 Å². The summed E-state index contributed by atoms with van der Waals surface area (Å²) in [6.07, 6.45) is 3.16. The predicted molar refractivity (Wildman–Crippen MR) is 125 cm³/mol. The van der Waals surface area contributed by atoms with Gasteiger partial charge in [0.1, 0.15) is 23.1 Å². The number of carbonyl (C=O) groups is 3. The summed E-state index contributed by atoms with van der Waals surface area (Å²) in [4.78, 5) is 38.1. The van der Waals surface area contributed by atoms with E-state index in [-0.39, 0.29) is 12.0 Å². The second-order valence-corrected chi connectivity index (χ2v) is 7.95.